The number of hydrogen-bond donors (Lipinski definition) is 1. The highest BCUT2D eigenvalue weighted by Gasteiger charge is 2.60. The van der Waals surface area contributed by atoms with Gasteiger partial charge in [-0.05, 0) is 60.8 Å². The minimum Gasteiger partial charge on any atom is -0.195 e. The van der Waals surface area contributed by atoms with Crippen LogP contribution < -0.4 is 4.72 Å². The molecule has 9 heteroatoms. The summed E-state index contributed by atoms with van der Waals surface area (Å²) in [5, 5.41) is 9.10. The van der Waals surface area contributed by atoms with Crippen LogP contribution in [0.5, 0.6) is 0 Å². The van der Waals surface area contributed by atoms with Gasteiger partial charge in [-0.1, -0.05) is 6.07 Å². The van der Waals surface area contributed by atoms with Crippen LogP contribution in [0.1, 0.15) is 29.5 Å². The molecule has 5 nitrogen and oxygen atoms in total. The van der Waals surface area contributed by atoms with Gasteiger partial charge in [-0.15, -0.1) is 0 Å². The zero-order valence-corrected chi connectivity index (χ0v) is 14.7. The largest absolute Gasteiger partial charge is 0.402 e. The molecule has 1 heterocycles. The lowest BCUT2D eigenvalue weighted by atomic mass is 9.79. The highest BCUT2D eigenvalue weighted by molar-refractivity contribution is 7.87. The van der Waals surface area contributed by atoms with Gasteiger partial charge < -0.3 is 0 Å². The van der Waals surface area contributed by atoms with Gasteiger partial charge in [0, 0.05) is 6.54 Å². The molecule has 1 N–H and O–H groups in total. The molecule has 1 aliphatic heterocycles. The van der Waals surface area contributed by atoms with E-state index < -0.39 is 28.5 Å². The molecular weight excluding hydrogens is 367 g/mol. The maximum absolute atomic E-state index is 12.8. The average molecular weight is 385 g/mol. The van der Waals surface area contributed by atoms with Crippen molar-refractivity contribution >= 4 is 10.2 Å². The Morgan fingerprint density at radius 3 is 2.50 bits per heavy atom. The SMILES string of the molecule is N#Cc1ccc2c(c1)C[C@@H]1CC[C@H](C2)[C@]12CN(CC(F)(F)F)S(=O)(=O)N2. The van der Waals surface area contributed by atoms with Crippen molar-refractivity contribution in [2.24, 2.45) is 11.8 Å². The summed E-state index contributed by atoms with van der Waals surface area (Å²) in [4.78, 5) is 0. The van der Waals surface area contributed by atoms with Crippen LogP contribution in [0.3, 0.4) is 0 Å². The van der Waals surface area contributed by atoms with Crippen molar-refractivity contribution in [3.05, 3.63) is 34.9 Å². The molecule has 2 aliphatic carbocycles. The number of fused-ring (bicyclic) bond motifs is 1. The molecule has 1 spiro atoms. The lowest BCUT2D eigenvalue weighted by molar-refractivity contribution is -0.136. The number of nitrogens with zero attached hydrogens (tertiary/aromatic N) is 2. The van der Waals surface area contributed by atoms with E-state index in [4.69, 9.17) is 5.26 Å². The third-order valence-electron chi connectivity index (χ3n) is 6.04. The van der Waals surface area contributed by atoms with E-state index in [2.05, 4.69) is 10.8 Å². The zero-order chi connectivity index (χ0) is 18.7. The molecule has 140 valence electrons. The van der Waals surface area contributed by atoms with E-state index in [1.807, 2.05) is 12.1 Å². The van der Waals surface area contributed by atoms with Crippen molar-refractivity contribution in [2.75, 3.05) is 13.1 Å². The molecule has 0 unspecified atom stereocenters. The quantitative estimate of drug-likeness (QED) is 0.805. The molecule has 1 saturated carbocycles. The standard InChI is InChI=1S/C17H18F3N3O2S/c18-17(19,20)10-23-9-16(22-26(23,24)25)14-3-4-15(16)7-13-5-11(8-21)1-2-12(13)6-14/h1-2,5,14-15,22H,3-4,6-7,9-10H2/t14-,15+,16-/m1/s1. The van der Waals surface area contributed by atoms with E-state index in [1.54, 1.807) is 6.07 Å². The maximum Gasteiger partial charge on any atom is 0.402 e. The van der Waals surface area contributed by atoms with E-state index >= 15 is 0 Å². The molecule has 4 rings (SSSR count). The summed E-state index contributed by atoms with van der Waals surface area (Å²) in [6, 6.07) is 7.55. The smallest absolute Gasteiger partial charge is 0.195 e. The normalized spacial score (nSPS) is 33.0. The third kappa shape index (κ3) is 2.80. The van der Waals surface area contributed by atoms with Crippen LogP contribution in [-0.2, 0) is 23.1 Å². The fourth-order valence-electron chi connectivity index (χ4n) is 4.91. The molecule has 0 radical (unpaired) electrons. The zero-order valence-electron chi connectivity index (χ0n) is 13.9. The lowest BCUT2D eigenvalue weighted by Crippen LogP contribution is -2.52. The van der Waals surface area contributed by atoms with Gasteiger partial charge in [0.1, 0.15) is 6.54 Å². The fraction of sp³-hybridized carbons (Fsp3) is 0.588. The average Bonchev–Trinajstić information content (AvgIpc) is 2.91. The Hall–Kier alpha value is -1.63. The second-order valence-corrected chi connectivity index (χ2v) is 9.18. The molecule has 3 aliphatic rings. The Morgan fingerprint density at radius 1 is 1.23 bits per heavy atom. The van der Waals surface area contributed by atoms with Crippen LogP contribution in [-0.4, -0.2) is 37.5 Å². The monoisotopic (exact) mass is 385 g/mol. The number of nitriles is 1. The predicted octanol–water partition coefficient (Wildman–Crippen LogP) is 2.13. The summed E-state index contributed by atoms with van der Waals surface area (Å²) in [6.07, 6.45) is -1.84. The molecule has 26 heavy (non-hydrogen) atoms. The van der Waals surface area contributed by atoms with E-state index in [1.165, 1.54) is 0 Å². The maximum atomic E-state index is 12.8. The molecule has 2 fully saturated rings. The van der Waals surface area contributed by atoms with E-state index in [0.29, 0.717) is 22.7 Å². The first kappa shape index (κ1) is 17.8. The van der Waals surface area contributed by atoms with Crippen molar-refractivity contribution < 1.29 is 21.6 Å². The Balaban J connectivity index is 1.70. The van der Waals surface area contributed by atoms with Crippen LogP contribution in [0.2, 0.25) is 0 Å². The summed E-state index contributed by atoms with van der Waals surface area (Å²) >= 11 is 0. The lowest BCUT2D eigenvalue weighted by Gasteiger charge is -2.33. The van der Waals surface area contributed by atoms with Crippen molar-refractivity contribution in [1.82, 2.24) is 9.03 Å². The molecule has 0 amide bonds. The van der Waals surface area contributed by atoms with E-state index in [0.717, 1.165) is 24.0 Å². The molecule has 1 saturated heterocycles. The number of hydrogen-bond acceptors (Lipinski definition) is 3. The predicted molar refractivity (Wildman–Crippen MR) is 87.2 cm³/mol. The van der Waals surface area contributed by atoms with Gasteiger partial charge in [0.15, 0.2) is 0 Å². The number of alkyl halides is 3. The topological polar surface area (TPSA) is 73.2 Å². The molecule has 0 aromatic heterocycles. The molecule has 3 atom stereocenters. The highest BCUT2D eigenvalue weighted by atomic mass is 32.2. The van der Waals surface area contributed by atoms with Gasteiger partial charge in [-0.3, -0.25) is 0 Å². The minimum absolute atomic E-state index is 0.0466. The summed E-state index contributed by atoms with van der Waals surface area (Å²) in [7, 11) is -4.16. The van der Waals surface area contributed by atoms with Crippen LogP contribution in [0.4, 0.5) is 13.2 Å². The van der Waals surface area contributed by atoms with Crippen molar-refractivity contribution in [3.63, 3.8) is 0 Å². The molecule has 1 aromatic carbocycles. The molecular formula is C17H18F3N3O2S. The van der Waals surface area contributed by atoms with Gasteiger partial charge in [-0.25, -0.2) is 0 Å². The number of benzene rings is 1. The van der Waals surface area contributed by atoms with E-state index in [-0.39, 0.29) is 18.4 Å². The van der Waals surface area contributed by atoms with Gasteiger partial charge in [0.2, 0.25) is 0 Å². The fourth-order valence-corrected chi connectivity index (χ4v) is 6.62. The first-order chi connectivity index (χ1) is 12.1. The molecule has 1 aromatic rings. The first-order valence-electron chi connectivity index (χ1n) is 8.51. The number of halogens is 3. The van der Waals surface area contributed by atoms with E-state index in [9.17, 15) is 21.6 Å². The van der Waals surface area contributed by atoms with Crippen molar-refractivity contribution in [1.29, 1.82) is 5.26 Å². The van der Waals surface area contributed by atoms with Gasteiger partial charge in [0.25, 0.3) is 10.2 Å². The number of nitrogens with one attached hydrogen (secondary N) is 1. The summed E-state index contributed by atoms with van der Waals surface area (Å²) in [5.41, 5.74) is 1.74. The van der Waals surface area contributed by atoms with Crippen LogP contribution in [0.15, 0.2) is 18.2 Å². The van der Waals surface area contributed by atoms with Gasteiger partial charge in [0.05, 0.1) is 17.2 Å². The van der Waals surface area contributed by atoms with Crippen molar-refractivity contribution in [2.45, 2.75) is 37.4 Å². The Labute approximate surface area is 150 Å². The summed E-state index contributed by atoms with van der Waals surface area (Å²) < 4.78 is 66.4. The van der Waals surface area contributed by atoms with Crippen LogP contribution in [0.25, 0.3) is 0 Å². The van der Waals surface area contributed by atoms with Gasteiger partial charge >= 0.3 is 6.18 Å². The Kier molecular flexibility index (Phi) is 3.88. The Bertz CT molecular complexity index is 893. The van der Waals surface area contributed by atoms with Crippen LogP contribution >= 0.6 is 0 Å². The minimum atomic E-state index is -4.57. The van der Waals surface area contributed by atoms with Crippen LogP contribution in [0, 0.1) is 23.2 Å². The second-order valence-electron chi connectivity index (χ2n) is 7.51. The first-order valence-corrected chi connectivity index (χ1v) is 9.95. The van der Waals surface area contributed by atoms with Gasteiger partial charge in [-0.2, -0.15) is 35.9 Å². The van der Waals surface area contributed by atoms with Crippen molar-refractivity contribution in [3.8, 4) is 6.07 Å². The third-order valence-corrected chi connectivity index (χ3v) is 7.62. The summed E-state index contributed by atoms with van der Waals surface area (Å²) in [5.74, 6) is -0.120. The molecule has 2 bridgehead atoms. The summed E-state index contributed by atoms with van der Waals surface area (Å²) in [6.45, 7) is -1.61. The highest BCUT2D eigenvalue weighted by Crippen LogP contribution is 2.50. The number of rotatable bonds is 1. The second kappa shape index (κ2) is 5.68. The Morgan fingerprint density at radius 2 is 1.88 bits per heavy atom.